The summed E-state index contributed by atoms with van der Waals surface area (Å²) >= 11 is 0. The lowest BCUT2D eigenvalue weighted by Crippen LogP contribution is -2.34. The third-order valence-corrected chi connectivity index (χ3v) is 2.75. The molecule has 25 heavy (non-hydrogen) atoms. The lowest BCUT2D eigenvalue weighted by molar-refractivity contribution is -0.150. The summed E-state index contributed by atoms with van der Waals surface area (Å²) in [6.45, 7) is 6.77. The first-order chi connectivity index (χ1) is 11.9. The number of rotatable bonds is 10. The molecule has 0 spiro atoms. The van der Waals surface area contributed by atoms with E-state index in [1.54, 1.807) is 20.8 Å². The van der Waals surface area contributed by atoms with E-state index in [1.807, 2.05) is 30.3 Å². The zero-order valence-electron chi connectivity index (χ0n) is 15.1. The molecule has 0 aliphatic rings. The number of nitrogens with one attached hydrogen (secondary N) is 1. The van der Waals surface area contributed by atoms with Gasteiger partial charge in [0.05, 0.1) is 19.8 Å². The Morgan fingerprint density at radius 2 is 1.68 bits per heavy atom. The number of hydrogen-bond acceptors (Lipinski definition) is 6. The summed E-state index contributed by atoms with van der Waals surface area (Å²) in [5.74, 6) is -0.421. The third-order valence-electron chi connectivity index (χ3n) is 2.75. The molecule has 1 aromatic carbocycles. The van der Waals surface area contributed by atoms with E-state index >= 15 is 0 Å². The topological polar surface area (TPSA) is 83.1 Å². The molecule has 0 aromatic heterocycles. The van der Waals surface area contributed by atoms with Crippen LogP contribution in [0.15, 0.2) is 30.3 Å². The predicted octanol–water partition coefficient (Wildman–Crippen LogP) is 2.29. The fourth-order valence-corrected chi connectivity index (χ4v) is 1.69. The molecule has 7 heteroatoms. The molecule has 0 saturated carbocycles. The quantitative estimate of drug-likeness (QED) is 0.513. The molecule has 0 heterocycles. The summed E-state index contributed by atoms with van der Waals surface area (Å²) in [6.07, 6.45) is -0.478. The maximum absolute atomic E-state index is 11.5. The van der Waals surface area contributed by atoms with Crippen molar-refractivity contribution in [1.29, 1.82) is 0 Å². The highest BCUT2D eigenvalue weighted by atomic mass is 16.6. The first-order valence-electron chi connectivity index (χ1n) is 8.19. The highest BCUT2D eigenvalue weighted by molar-refractivity contribution is 5.70. The number of benzene rings is 1. The number of alkyl carbamates (subject to hydrolysis) is 1. The van der Waals surface area contributed by atoms with Crippen LogP contribution in [0.4, 0.5) is 4.79 Å². The molecule has 1 aromatic rings. The van der Waals surface area contributed by atoms with Crippen LogP contribution in [0.25, 0.3) is 0 Å². The molecule has 0 saturated heterocycles. The minimum absolute atomic E-state index is 0.119. The number of ether oxygens (including phenoxy) is 4. The predicted molar refractivity (Wildman–Crippen MR) is 92.1 cm³/mol. The van der Waals surface area contributed by atoms with E-state index in [9.17, 15) is 9.59 Å². The van der Waals surface area contributed by atoms with Crippen LogP contribution in [-0.2, 0) is 30.3 Å². The highest BCUT2D eigenvalue weighted by Gasteiger charge is 2.15. The fraction of sp³-hybridized carbons (Fsp3) is 0.556. The monoisotopic (exact) mass is 353 g/mol. The Bertz CT molecular complexity index is 512. The van der Waals surface area contributed by atoms with Crippen molar-refractivity contribution < 1.29 is 28.5 Å². The summed E-state index contributed by atoms with van der Waals surface area (Å²) in [6, 6.07) is 9.43. The smallest absolute Gasteiger partial charge is 0.407 e. The summed E-state index contributed by atoms with van der Waals surface area (Å²) in [4.78, 5) is 22.9. The Morgan fingerprint density at radius 3 is 2.36 bits per heavy atom. The van der Waals surface area contributed by atoms with Gasteiger partial charge in [-0.2, -0.15) is 0 Å². The lowest BCUT2D eigenvalue weighted by atomic mass is 10.2. The standard InChI is InChI=1S/C18H27NO6/c1-18(2,3)25-17(21)19-9-10-22-11-12-23-14-16(20)24-13-15-7-5-4-6-8-15/h4-8H,9-14H2,1-3H3,(H,19,21). The molecule has 0 radical (unpaired) electrons. The van der Waals surface area contributed by atoms with E-state index in [1.165, 1.54) is 0 Å². The molecule has 1 rings (SSSR count). The van der Waals surface area contributed by atoms with Gasteiger partial charge in [-0.05, 0) is 26.3 Å². The van der Waals surface area contributed by atoms with E-state index in [0.717, 1.165) is 5.56 Å². The second-order valence-electron chi connectivity index (χ2n) is 6.24. The zero-order chi connectivity index (χ0) is 18.5. The number of carbonyl (C=O) groups is 2. The molecule has 0 aliphatic heterocycles. The van der Waals surface area contributed by atoms with Gasteiger partial charge in [-0.1, -0.05) is 30.3 Å². The average Bonchev–Trinajstić information content (AvgIpc) is 2.54. The van der Waals surface area contributed by atoms with E-state index in [2.05, 4.69) is 5.32 Å². The van der Waals surface area contributed by atoms with Gasteiger partial charge in [0.25, 0.3) is 0 Å². The molecule has 1 amide bonds. The van der Waals surface area contributed by atoms with E-state index in [0.29, 0.717) is 19.8 Å². The van der Waals surface area contributed by atoms with Gasteiger partial charge in [0.15, 0.2) is 0 Å². The van der Waals surface area contributed by atoms with Crippen LogP contribution in [0.1, 0.15) is 26.3 Å². The first kappa shape index (κ1) is 20.9. The van der Waals surface area contributed by atoms with Gasteiger partial charge in [-0.25, -0.2) is 9.59 Å². The second kappa shape index (κ2) is 11.4. The van der Waals surface area contributed by atoms with E-state index in [-0.39, 0.29) is 19.8 Å². The van der Waals surface area contributed by atoms with Gasteiger partial charge in [-0.3, -0.25) is 0 Å². The first-order valence-corrected chi connectivity index (χ1v) is 8.19. The Morgan fingerprint density at radius 1 is 1.00 bits per heavy atom. The number of esters is 1. The Kier molecular flexibility index (Phi) is 9.57. The molecule has 140 valence electrons. The Balaban J connectivity index is 1.93. The van der Waals surface area contributed by atoms with Crippen molar-refractivity contribution in [3.05, 3.63) is 35.9 Å². The zero-order valence-corrected chi connectivity index (χ0v) is 15.1. The number of carbonyl (C=O) groups excluding carboxylic acids is 2. The Labute approximate surface area is 148 Å². The fourth-order valence-electron chi connectivity index (χ4n) is 1.69. The van der Waals surface area contributed by atoms with Crippen molar-refractivity contribution in [2.45, 2.75) is 33.0 Å². The molecular weight excluding hydrogens is 326 g/mol. The van der Waals surface area contributed by atoms with Crippen molar-refractivity contribution in [3.63, 3.8) is 0 Å². The van der Waals surface area contributed by atoms with Gasteiger partial charge in [0, 0.05) is 6.54 Å². The van der Waals surface area contributed by atoms with Gasteiger partial charge < -0.3 is 24.3 Å². The van der Waals surface area contributed by atoms with Crippen molar-refractivity contribution in [2.24, 2.45) is 0 Å². The van der Waals surface area contributed by atoms with Crippen LogP contribution in [0, 0.1) is 0 Å². The van der Waals surface area contributed by atoms with Crippen LogP contribution in [0.2, 0.25) is 0 Å². The Hall–Kier alpha value is -2.12. The summed E-state index contributed by atoms with van der Waals surface area (Å²) in [7, 11) is 0. The molecule has 0 bridgehead atoms. The minimum Gasteiger partial charge on any atom is -0.459 e. The summed E-state index contributed by atoms with van der Waals surface area (Å²) in [5.41, 5.74) is 0.408. The second-order valence-corrected chi connectivity index (χ2v) is 6.24. The van der Waals surface area contributed by atoms with Gasteiger partial charge in [0.1, 0.15) is 18.8 Å². The molecule has 0 fully saturated rings. The van der Waals surface area contributed by atoms with Gasteiger partial charge in [-0.15, -0.1) is 0 Å². The van der Waals surface area contributed by atoms with Crippen LogP contribution >= 0.6 is 0 Å². The van der Waals surface area contributed by atoms with Gasteiger partial charge in [0.2, 0.25) is 0 Å². The maximum Gasteiger partial charge on any atom is 0.407 e. The summed E-state index contributed by atoms with van der Waals surface area (Å²) < 4.78 is 20.6. The van der Waals surface area contributed by atoms with Crippen LogP contribution < -0.4 is 5.32 Å². The molecule has 0 aliphatic carbocycles. The lowest BCUT2D eigenvalue weighted by Gasteiger charge is -2.19. The average molecular weight is 353 g/mol. The normalized spacial score (nSPS) is 11.0. The molecule has 7 nitrogen and oxygen atoms in total. The van der Waals surface area contributed by atoms with Gasteiger partial charge >= 0.3 is 12.1 Å². The van der Waals surface area contributed by atoms with E-state index in [4.69, 9.17) is 18.9 Å². The minimum atomic E-state index is -0.520. The van der Waals surface area contributed by atoms with Crippen LogP contribution in [-0.4, -0.2) is 50.6 Å². The highest BCUT2D eigenvalue weighted by Crippen LogP contribution is 2.06. The molecular formula is C18H27NO6. The third kappa shape index (κ3) is 12.0. The van der Waals surface area contributed by atoms with Crippen LogP contribution in [0.5, 0.6) is 0 Å². The maximum atomic E-state index is 11.5. The SMILES string of the molecule is CC(C)(C)OC(=O)NCCOCCOCC(=O)OCc1ccccc1. The van der Waals surface area contributed by atoms with Crippen molar-refractivity contribution in [2.75, 3.05) is 33.0 Å². The summed E-state index contributed by atoms with van der Waals surface area (Å²) in [5, 5.41) is 2.58. The molecule has 0 unspecified atom stereocenters. The molecule has 1 N–H and O–H groups in total. The van der Waals surface area contributed by atoms with Crippen molar-refractivity contribution in [1.82, 2.24) is 5.32 Å². The van der Waals surface area contributed by atoms with Crippen molar-refractivity contribution >= 4 is 12.1 Å². The molecule has 0 atom stereocenters. The van der Waals surface area contributed by atoms with Crippen LogP contribution in [0.3, 0.4) is 0 Å². The largest absolute Gasteiger partial charge is 0.459 e. The number of amides is 1. The number of hydrogen-bond donors (Lipinski definition) is 1. The van der Waals surface area contributed by atoms with Crippen molar-refractivity contribution in [3.8, 4) is 0 Å². The van der Waals surface area contributed by atoms with E-state index < -0.39 is 17.7 Å².